The number of hydrogen-bond donors (Lipinski definition) is 2. The first-order chi connectivity index (χ1) is 9.43. The van der Waals surface area contributed by atoms with Crippen LogP contribution in [0.4, 0.5) is 0 Å². The van der Waals surface area contributed by atoms with Gasteiger partial charge in [0.1, 0.15) is 5.75 Å². The minimum Gasteiger partial charge on any atom is -0.494 e. The fourth-order valence-corrected chi connectivity index (χ4v) is 2.36. The van der Waals surface area contributed by atoms with E-state index < -0.39 is 11.4 Å². The van der Waals surface area contributed by atoms with Crippen molar-refractivity contribution in [3.63, 3.8) is 0 Å². The van der Waals surface area contributed by atoms with Gasteiger partial charge in [0.2, 0.25) is 0 Å². The summed E-state index contributed by atoms with van der Waals surface area (Å²) in [5.74, 6) is -0.0268. The lowest BCUT2D eigenvalue weighted by Gasteiger charge is -2.34. The Morgan fingerprint density at radius 2 is 1.95 bits per heavy atom. The molecule has 4 nitrogen and oxygen atoms in total. The average Bonchev–Trinajstić information content (AvgIpc) is 2.43. The third-order valence-corrected chi connectivity index (χ3v) is 3.76. The fraction of sp³-hybridized carbons (Fsp3) is 0.562. The van der Waals surface area contributed by atoms with Gasteiger partial charge in [-0.15, -0.1) is 0 Å². The normalized spacial score (nSPS) is 15.4. The second kappa shape index (κ2) is 7.29. The Morgan fingerprint density at radius 1 is 1.35 bits per heavy atom. The van der Waals surface area contributed by atoms with Gasteiger partial charge in [0.05, 0.1) is 13.0 Å². The van der Waals surface area contributed by atoms with Crippen molar-refractivity contribution in [2.75, 3.05) is 6.61 Å². The lowest BCUT2D eigenvalue weighted by atomic mass is 9.73. The molecule has 112 valence electrons. The van der Waals surface area contributed by atoms with Crippen molar-refractivity contribution in [2.24, 2.45) is 5.73 Å². The number of carboxylic acid groups (broad SMARTS) is 1. The molecule has 0 saturated carbocycles. The molecule has 3 N–H and O–H groups in total. The predicted octanol–water partition coefficient (Wildman–Crippen LogP) is 2.95. The molecule has 1 aromatic rings. The number of benzene rings is 1. The minimum absolute atomic E-state index is 0.0250. The standard InChI is InChI=1S/C16H25NO3/c1-4-10-20-13-8-6-12(7-9-13)16(3,11-15(18)19)14(17)5-2/h6-9,14H,4-5,10-11,17H2,1-3H3,(H,18,19). The van der Waals surface area contributed by atoms with Crippen molar-refractivity contribution in [1.82, 2.24) is 0 Å². The van der Waals surface area contributed by atoms with Crippen LogP contribution in [-0.2, 0) is 10.2 Å². The van der Waals surface area contributed by atoms with Crippen LogP contribution in [0.25, 0.3) is 0 Å². The maximum atomic E-state index is 11.1. The number of carboxylic acids is 1. The smallest absolute Gasteiger partial charge is 0.304 e. The third kappa shape index (κ3) is 3.97. The summed E-state index contributed by atoms with van der Waals surface area (Å²) in [4.78, 5) is 11.1. The molecule has 4 heteroatoms. The molecule has 0 amide bonds. The van der Waals surface area contributed by atoms with Crippen LogP contribution in [0.2, 0.25) is 0 Å². The zero-order valence-electron chi connectivity index (χ0n) is 12.6. The zero-order valence-corrected chi connectivity index (χ0v) is 12.6. The molecule has 0 spiro atoms. The summed E-state index contributed by atoms with van der Waals surface area (Å²) in [6.07, 6.45) is 1.72. The molecule has 0 aliphatic rings. The zero-order chi connectivity index (χ0) is 15.2. The van der Waals surface area contributed by atoms with Crippen LogP contribution in [-0.4, -0.2) is 23.7 Å². The fourth-order valence-electron chi connectivity index (χ4n) is 2.36. The summed E-state index contributed by atoms with van der Waals surface area (Å²) in [7, 11) is 0. The summed E-state index contributed by atoms with van der Waals surface area (Å²) in [5, 5.41) is 9.15. The van der Waals surface area contributed by atoms with E-state index in [2.05, 4.69) is 6.92 Å². The predicted molar refractivity (Wildman–Crippen MR) is 80.1 cm³/mol. The maximum Gasteiger partial charge on any atom is 0.304 e. The number of carbonyl (C=O) groups is 1. The second-order valence-corrected chi connectivity index (χ2v) is 5.38. The molecule has 0 aromatic heterocycles. The van der Waals surface area contributed by atoms with Gasteiger partial charge < -0.3 is 15.6 Å². The van der Waals surface area contributed by atoms with Crippen LogP contribution in [0, 0.1) is 0 Å². The van der Waals surface area contributed by atoms with Gasteiger partial charge >= 0.3 is 5.97 Å². The van der Waals surface area contributed by atoms with Crippen LogP contribution < -0.4 is 10.5 Å². The van der Waals surface area contributed by atoms with Crippen molar-refractivity contribution in [3.8, 4) is 5.75 Å². The highest BCUT2D eigenvalue weighted by molar-refractivity contribution is 5.69. The number of nitrogens with two attached hydrogens (primary N) is 1. The summed E-state index contributed by atoms with van der Waals surface area (Å²) in [5.41, 5.74) is 6.53. The maximum absolute atomic E-state index is 11.1. The van der Waals surface area contributed by atoms with Crippen LogP contribution in [0.5, 0.6) is 5.75 Å². The summed E-state index contributed by atoms with van der Waals surface area (Å²) in [6, 6.07) is 7.41. The number of aliphatic carboxylic acids is 1. The molecular weight excluding hydrogens is 254 g/mol. The van der Waals surface area contributed by atoms with Crippen LogP contribution in [0.1, 0.15) is 45.6 Å². The van der Waals surface area contributed by atoms with E-state index >= 15 is 0 Å². The van der Waals surface area contributed by atoms with Gasteiger partial charge in [-0.1, -0.05) is 32.9 Å². The van der Waals surface area contributed by atoms with Crippen molar-refractivity contribution in [3.05, 3.63) is 29.8 Å². The van der Waals surface area contributed by atoms with Gasteiger partial charge in [0.15, 0.2) is 0 Å². The van der Waals surface area contributed by atoms with E-state index in [0.29, 0.717) is 6.61 Å². The molecule has 0 aliphatic carbocycles. The largest absolute Gasteiger partial charge is 0.494 e. The molecule has 0 bridgehead atoms. The molecule has 0 radical (unpaired) electrons. The lowest BCUT2D eigenvalue weighted by molar-refractivity contribution is -0.138. The SMILES string of the molecule is CCCOc1ccc(C(C)(CC(=O)O)C(N)CC)cc1. The molecule has 0 heterocycles. The van der Waals surface area contributed by atoms with E-state index in [0.717, 1.165) is 24.2 Å². The minimum atomic E-state index is -0.831. The molecule has 2 unspecified atom stereocenters. The molecule has 0 saturated heterocycles. The molecule has 0 aliphatic heterocycles. The van der Waals surface area contributed by atoms with Crippen LogP contribution >= 0.6 is 0 Å². The van der Waals surface area contributed by atoms with Gasteiger partial charge in [0, 0.05) is 11.5 Å². The molecule has 0 fully saturated rings. The van der Waals surface area contributed by atoms with Gasteiger partial charge in [-0.2, -0.15) is 0 Å². The number of hydrogen-bond acceptors (Lipinski definition) is 3. The van der Waals surface area contributed by atoms with E-state index in [-0.39, 0.29) is 12.5 Å². The Bertz CT molecular complexity index is 430. The van der Waals surface area contributed by atoms with Crippen molar-refractivity contribution in [2.45, 2.75) is 51.5 Å². The van der Waals surface area contributed by atoms with Crippen LogP contribution in [0.15, 0.2) is 24.3 Å². The first-order valence-electron chi connectivity index (χ1n) is 7.14. The Labute approximate surface area is 120 Å². The van der Waals surface area contributed by atoms with Crippen molar-refractivity contribution in [1.29, 1.82) is 0 Å². The quantitative estimate of drug-likeness (QED) is 0.767. The Morgan fingerprint density at radius 3 is 2.40 bits per heavy atom. The average molecular weight is 279 g/mol. The summed E-state index contributed by atoms with van der Waals surface area (Å²) in [6.45, 7) is 6.62. The summed E-state index contributed by atoms with van der Waals surface area (Å²) >= 11 is 0. The second-order valence-electron chi connectivity index (χ2n) is 5.38. The first-order valence-corrected chi connectivity index (χ1v) is 7.14. The molecule has 20 heavy (non-hydrogen) atoms. The Hall–Kier alpha value is -1.55. The van der Waals surface area contributed by atoms with E-state index in [1.807, 2.05) is 38.1 Å². The van der Waals surface area contributed by atoms with Gasteiger partial charge in [-0.25, -0.2) is 0 Å². The van der Waals surface area contributed by atoms with E-state index in [4.69, 9.17) is 15.6 Å². The van der Waals surface area contributed by atoms with E-state index in [1.54, 1.807) is 0 Å². The van der Waals surface area contributed by atoms with Gasteiger partial charge in [0.25, 0.3) is 0 Å². The Balaban J connectivity index is 2.99. The highest BCUT2D eigenvalue weighted by atomic mass is 16.5. The Kier molecular flexibility index (Phi) is 6.02. The lowest BCUT2D eigenvalue weighted by Crippen LogP contribution is -2.44. The topological polar surface area (TPSA) is 72.5 Å². The van der Waals surface area contributed by atoms with Crippen molar-refractivity contribution >= 4 is 5.97 Å². The van der Waals surface area contributed by atoms with Gasteiger partial charge in [-0.05, 0) is 30.5 Å². The monoisotopic (exact) mass is 279 g/mol. The number of rotatable bonds is 8. The highest BCUT2D eigenvalue weighted by Crippen LogP contribution is 2.33. The highest BCUT2D eigenvalue weighted by Gasteiger charge is 2.35. The first kappa shape index (κ1) is 16.5. The molecule has 2 atom stereocenters. The molecular formula is C16H25NO3. The summed E-state index contributed by atoms with van der Waals surface area (Å²) < 4.78 is 5.54. The van der Waals surface area contributed by atoms with E-state index in [9.17, 15) is 4.79 Å². The number of ether oxygens (including phenoxy) is 1. The van der Waals surface area contributed by atoms with Crippen molar-refractivity contribution < 1.29 is 14.6 Å². The molecule has 1 rings (SSSR count). The third-order valence-electron chi connectivity index (χ3n) is 3.76. The van der Waals surface area contributed by atoms with Crippen LogP contribution in [0.3, 0.4) is 0 Å². The van der Waals surface area contributed by atoms with Gasteiger partial charge in [-0.3, -0.25) is 4.79 Å². The molecule has 1 aromatic carbocycles. The van der Waals surface area contributed by atoms with E-state index in [1.165, 1.54) is 0 Å².